The number of phenols is 1. The number of phenolic OH excluding ortho intramolecular Hbond substituents is 1. The van der Waals surface area contributed by atoms with Gasteiger partial charge in [0.2, 0.25) is 0 Å². The lowest BCUT2D eigenvalue weighted by Crippen LogP contribution is -2.40. The highest BCUT2D eigenvalue weighted by molar-refractivity contribution is 5.94. The molecule has 1 aliphatic rings. The Morgan fingerprint density at radius 3 is 2.69 bits per heavy atom. The number of carbonyl (C=O) groups excluding carboxylic acids is 1. The van der Waals surface area contributed by atoms with Crippen LogP contribution in [0, 0.1) is 6.92 Å². The van der Waals surface area contributed by atoms with E-state index in [4.69, 9.17) is 14.2 Å². The van der Waals surface area contributed by atoms with Gasteiger partial charge in [-0.1, -0.05) is 0 Å². The van der Waals surface area contributed by atoms with Gasteiger partial charge in [-0.15, -0.1) is 0 Å². The Morgan fingerprint density at radius 2 is 2.07 bits per heavy atom. The van der Waals surface area contributed by atoms with E-state index in [0.29, 0.717) is 5.56 Å². The molecule has 3 rings (SSSR count). The van der Waals surface area contributed by atoms with E-state index in [1.807, 2.05) is 4.98 Å². The minimum absolute atomic E-state index is 0.0267. The number of H-pyrrole nitrogens is 1. The largest absolute Gasteiger partial charge is 0.508 e. The maximum Gasteiger partial charge on any atom is 0.342 e. The van der Waals surface area contributed by atoms with E-state index in [2.05, 4.69) is 0 Å². The number of aryl methyl sites for hydroxylation is 1. The van der Waals surface area contributed by atoms with Crippen molar-refractivity contribution in [1.29, 1.82) is 0 Å². The molecule has 1 aromatic heterocycles. The summed E-state index contributed by atoms with van der Waals surface area (Å²) in [7, 11) is 1.31. The van der Waals surface area contributed by atoms with Crippen LogP contribution in [0.4, 0.5) is 0 Å². The van der Waals surface area contributed by atoms with Gasteiger partial charge in [-0.05, 0) is 18.6 Å². The molecule has 0 aliphatic carbocycles. The van der Waals surface area contributed by atoms with Crippen molar-refractivity contribution in [3.63, 3.8) is 0 Å². The van der Waals surface area contributed by atoms with Gasteiger partial charge in [0.15, 0.2) is 12.3 Å². The van der Waals surface area contributed by atoms with Gasteiger partial charge < -0.3 is 29.5 Å². The molecule has 0 amide bonds. The smallest absolute Gasteiger partial charge is 0.342 e. The number of aromatic amines is 1. The first-order valence-corrected chi connectivity index (χ1v) is 8.61. The second-order valence-electron chi connectivity index (χ2n) is 6.47. The topological polar surface area (TPSA) is 160 Å². The lowest BCUT2D eigenvalue weighted by molar-refractivity contribution is -0.0564. The third kappa shape index (κ3) is 3.88. The van der Waals surface area contributed by atoms with Crippen LogP contribution >= 0.6 is 0 Å². The Kier molecular flexibility index (Phi) is 5.73. The molecule has 1 fully saturated rings. The van der Waals surface area contributed by atoms with Gasteiger partial charge in [0.1, 0.15) is 29.3 Å². The fourth-order valence-electron chi connectivity index (χ4n) is 3.21. The molecule has 0 unspecified atom stereocenters. The summed E-state index contributed by atoms with van der Waals surface area (Å²) in [6.07, 6.45) is -4.11. The van der Waals surface area contributed by atoms with Crippen molar-refractivity contribution in [2.45, 2.75) is 31.5 Å². The summed E-state index contributed by atoms with van der Waals surface area (Å²) < 4.78 is 16.9. The molecule has 1 aromatic carbocycles. The average Bonchev–Trinajstić information content (AvgIpc) is 2.96. The summed E-state index contributed by atoms with van der Waals surface area (Å²) >= 11 is 0. The average molecular weight is 408 g/mol. The van der Waals surface area contributed by atoms with Gasteiger partial charge in [-0.25, -0.2) is 9.59 Å². The predicted octanol–water partition coefficient (Wildman–Crippen LogP) is -0.965. The first-order chi connectivity index (χ1) is 13.8. The van der Waals surface area contributed by atoms with Gasteiger partial charge in [0.05, 0.1) is 13.7 Å². The van der Waals surface area contributed by atoms with Gasteiger partial charge in [-0.3, -0.25) is 14.3 Å². The van der Waals surface area contributed by atoms with Crippen molar-refractivity contribution in [2.24, 2.45) is 0 Å². The second-order valence-corrected chi connectivity index (χ2v) is 6.47. The number of aliphatic hydroxyl groups excluding tert-OH is 2. The molecule has 11 nitrogen and oxygen atoms in total. The van der Waals surface area contributed by atoms with Crippen LogP contribution in [-0.2, 0) is 9.47 Å². The lowest BCUT2D eigenvalue weighted by atomic mass is 10.1. The fraction of sp³-hybridized carbons (Fsp3) is 0.389. The van der Waals surface area contributed by atoms with Crippen LogP contribution in [-0.4, -0.2) is 62.9 Å². The zero-order valence-electron chi connectivity index (χ0n) is 15.6. The Balaban J connectivity index is 1.90. The number of hydrogen-bond donors (Lipinski definition) is 4. The molecule has 4 N–H and O–H groups in total. The number of esters is 1. The Labute approximate surface area is 163 Å². The Morgan fingerprint density at radius 1 is 1.34 bits per heavy atom. The van der Waals surface area contributed by atoms with E-state index in [-0.39, 0.29) is 17.1 Å². The number of carbonyl (C=O) groups is 1. The molecule has 2 aromatic rings. The molecule has 4 atom stereocenters. The van der Waals surface area contributed by atoms with Crippen LogP contribution in [0.2, 0.25) is 0 Å². The van der Waals surface area contributed by atoms with E-state index in [1.165, 1.54) is 19.2 Å². The molecule has 1 saturated heterocycles. The van der Waals surface area contributed by atoms with Gasteiger partial charge in [0.25, 0.3) is 5.56 Å². The van der Waals surface area contributed by atoms with E-state index in [0.717, 1.165) is 16.8 Å². The lowest BCUT2D eigenvalue weighted by Gasteiger charge is -2.21. The highest BCUT2D eigenvalue weighted by atomic mass is 16.6. The standard InChI is InChI=1S/C18H20N2O9/c1-8-5-9(22)6-10(27-2)13(8)17(25)29-15-11(7-21)28-16(14(15)24)20-4-3-12(23)19-18(20)26/h3-6,11,14-16,21-22,24H,7H2,1-2H3,(H,19,23,26)/t11-,14-,15-,16+/m1/s1. The van der Waals surface area contributed by atoms with Crippen molar-refractivity contribution in [3.05, 3.63) is 56.4 Å². The van der Waals surface area contributed by atoms with Crippen molar-refractivity contribution < 1.29 is 34.3 Å². The summed E-state index contributed by atoms with van der Waals surface area (Å²) in [6.45, 7) is 0.960. The summed E-state index contributed by atoms with van der Waals surface area (Å²) in [6, 6.07) is 3.64. The number of ether oxygens (including phenoxy) is 3. The summed E-state index contributed by atoms with van der Waals surface area (Å²) in [5.74, 6) is -0.916. The number of hydrogen-bond acceptors (Lipinski definition) is 9. The zero-order valence-corrected chi connectivity index (χ0v) is 15.6. The molecule has 0 spiro atoms. The first-order valence-electron chi connectivity index (χ1n) is 8.61. The third-order valence-corrected chi connectivity index (χ3v) is 4.57. The molecule has 29 heavy (non-hydrogen) atoms. The monoisotopic (exact) mass is 408 g/mol. The molecule has 1 aliphatic heterocycles. The van der Waals surface area contributed by atoms with Gasteiger partial charge in [-0.2, -0.15) is 0 Å². The maximum absolute atomic E-state index is 12.7. The normalized spacial score (nSPS) is 23.7. The second kappa shape index (κ2) is 8.07. The number of benzene rings is 1. The summed E-state index contributed by atoms with van der Waals surface area (Å²) in [5.41, 5.74) is -1.07. The minimum atomic E-state index is -1.51. The van der Waals surface area contributed by atoms with E-state index < -0.39 is 48.4 Å². The number of methoxy groups -OCH3 is 1. The number of aliphatic hydroxyl groups is 2. The Bertz CT molecular complexity index is 1030. The summed E-state index contributed by atoms with van der Waals surface area (Å²) in [5, 5.41) is 29.8. The molecular formula is C18H20N2O9. The minimum Gasteiger partial charge on any atom is -0.508 e. The number of rotatable bonds is 5. The summed E-state index contributed by atoms with van der Waals surface area (Å²) in [4.78, 5) is 38.0. The Hall–Kier alpha value is -3.15. The highest BCUT2D eigenvalue weighted by Gasteiger charge is 2.47. The van der Waals surface area contributed by atoms with Crippen LogP contribution in [0.25, 0.3) is 0 Å². The number of nitrogens with zero attached hydrogens (tertiary/aromatic N) is 1. The molecule has 2 heterocycles. The van der Waals surface area contributed by atoms with E-state index >= 15 is 0 Å². The van der Waals surface area contributed by atoms with Crippen LogP contribution in [0.3, 0.4) is 0 Å². The van der Waals surface area contributed by atoms with Crippen LogP contribution in [0.1, 0.15) is 22.1 Å². The number of nitrogens with one attached hydrogen (secondary N) is 1. The zero-order chi connectivity index (χ0) is 21.3. The van der Waals surface area contributed by atoms with Crippen molar-refractivity contribution in [1.82, 2.24) is 9.55 Å². The molecule has 0 bridgehead atoms. The van der Waals surface area contributed by atoms with Crippen LogP contribution in [0.5, 0.6) is 11.5 Å². The van der Waals surface area contributed by atoms with Crippen LogP contribution < -0.4 is 16.0 Å². The van der Waals surface area contributed by atoms with E-state index in [9.17, 15) is 29.7 Å². The SMILES string of the molecule is COc1cc(O)cc(C)c1C(=O)O[C@H]1[C@@H](O)[C@@H](n2ccc(=O)[nH]c2=O)O[C@@H]1CO. The maximum atomic E-state index is 12.7. The third-order valence-electron chi connectivity index (χ3n) is 4.57. The van der Waals surface area contributed by atoms with Crippen molar-refractivity contribution in [3.8, 4) is 11.5 Å². The number of aromatic hydroxyl groups is 1. The predicted molar refractivity (Wildman–Crippen MR) is 96.9 cm³/mol. The van der Waals surface area contributed by atoms with Crippen LogP contribution in [0.15, 0.2) is 34.0 Å². The molecular weight excluding hydrogens is 388 g/mol. The highest BCUT2D eigenvalue weighted by Crippen LogP contribution is 2.33. The molecule has 11 heteroatoms. The molecule has 156 valence electrons. The number of aromatic nitrogens is 2. The van der Waals surface area contributed by atoms with Crippen molar-refractivity contribution in [2.75, 3.05) is 13.7 Å². The van der Waals surface area contributed by atoms with Crippen molar-refractivity contribution >= 4 is 5.97 Å². The first kappa shape index (κ1) is 20.6. The van der Waals surface area contributed by atoms with Gasteiger partial charge >= 0.3 is 11.7 Å². The molecule has 0 radical (unpaired) electrons. The molecule has 0 saturated carbocycles. The van der Waals surface area contributed by atoms with E-state index in [1.54, 1.807) is 6.92 Å². The quantitative estimate of drug-likeness (QED) is 0.457. The fourth-order valence-corrected chi connectivity index (χ4v) is 3.21. The van der Waals surface area contributed by atoms with Gasteiger partial charge in [0, 0.05) is 18.3 Å².